The van der Waals surface area contributed by atoms with Crippen LogP contribution in [0.25, 0.3) is 0 Å². The third-order valence-electron chi connectivity index (χ3n) is 3.71. The Bertz CT molecular complexity index is 248. The van der Waals surface area contributed by atoms with Crippen molar-refractivity contribution < 1.29 is 9.90 Å². The van der Waals surface area contributed by atoms with Crippen LogP contribution in [-0.2, 0) is 4.79 Å². The third-order valence-corrected chi connectivity index (χ3v) is 3.71. The maximum absolute atomic E-state index is 10.5. The van der Waals surface area contributed by atoms with Gasteiger partial charge in [-0.1, -0.05) is 13.8 Å². The van der Waals surface area contributed by atoms with E-state index in [-0.39, 0.29) is 6.42 Å². The zero-order valence-electron chi connectivity index (χ0n) is 12.1. The fraction of sp³-hybridized carbons (Fsp3) is 0.929. The Balaban J connectivity index is 2.19. The summed E-state index contributed by atoms with van der Waals surface area (Å²) in [6.07, 6.45) is 3.49. The van der Waals surface area contributed by atoms with E-state index in [1.165, 1.54) is 32.5 Å². The van der Waals surface area contributed by atoms with Crippen LogP contribution in [0.4, 0.5) is 0 Å². The maximum atomic E-state index is 10.5. The molecule has 0 saturated carbocycles. The Labute approximate surface area is 111 Å². The van der Waals surface area contributed by atoms with Gasteiger partial charge in [-0.3, -0.25) is 4.79 Å². The molecule has 0 atom stereocenters. The molecule has 0 aliphatic carbocycles. The molecule has 1 aliphatic heterocycles. The van der Waals surface area contributed by atoms with Crippen molar-refractivity contribution in [3.05, 3.63) is 0 Å². The second-order valence-electron chi connectivity index (χ2n) is 5.90. The summed E-state index contributed by atoms with van der Waals surface area (Å²) in [6.45, 7) is 9.02. The fourth-order valence-electron chi connectivity index (χ4n) is 2.72. The Morgan fingerprint density at radius 1 is 1.39 bits per heavy atom. The van der Waals surface area contributed by atoms with E-state index in [0.29, 0.717) is 6.04 Å². The standard InChI is InChI=1S/C14H28N2O2/c1-12(2)11-16-9-6-13(7-10-16)15(3)8-4-5-14(17)18/h12-13H,4-11H2,1-3H3,(H,17,18). The van der Waals surface area contributed by atoms with Gasteiger partial charge in [0.25, 0.3) is 0 Å². The number of carboxylic acid groups (broad SMARTS) is 1. The fourth-order valence-corrected chi connectivity index (χ4v) is 2.72. The van der Waals surface area contributed by atoms with Crippen molar-refractivity contribution in [3.63, 3.8) is 0 Å². The molecule has 0 radical (unpaired) electrons. The maximum Gasteiger partial charge on any atom is 0.303 e. The van der Waals surface area contributed by atoms with Crippen molar-refractivity contribution in [1.29, 1.82) is 0 Å². The highest BCUT2D eigenvalue weighted by Crippen LogP contribution is 2.16. The predicted molar refractivity (Wildman–Crippen MR) is 73.8 cm³/mol. The number of nitrogens with zero attached hydrogens (tertiary/aromatic N) is 2. The number of aliphatic carboxylic acids is 1. The molecule has 18 heavy (non-hydrogen) atoms. The molecule has 0 amide bonds. The van der Waals surface area contributed by atoms with Crippen LogP contribution in [0.5, 0.6) is 0 Å². The molecule has 0 unspecified atom stereocenters. The molecule has 0 aromatic carbocycles. The third kappa shape index (κ3) is 5.83. The molecule has 1 fully saturated rings. The van der Waals surface area contributed by atoms with Gasteiger partial charge in [0.15, 0.2) is 0 Å². The van der Waals surface area contributed by atoms with Crippen LogP contribution in [0.15, 0.2) is 0 Å². The number of carbonyl (C=O) groups is 1. The molecule has 0 aromatic rings. The highest BCUT2D eigenvalue weighted by Gasteiger charge is 2.22. The van der Waals surface area contributed by atoms with Gasteiger partial charge in [0.2, 0.25) is 0 Å². The van der Waals surface area contributed by atoms with Gasteiger partial charge in [0, 0.05) is 19.0 Å². The second-order valence-corrected chi connectivity index (χ2v) is 5.90. The number of piperidine rings is 1. The topological polar surface area (TPSA) is 43.8 Å². The van der Waals surface area contributed by atoms with Crippen LogP contribution < -0.4 is 0 Å². The molecule has 1 N–H and O–H groups in total. The van der Waals surface area contributed by atoms with E-state index in [9.17, 15) is 4.79 Å². The Kier molecular flexibility index (Phi) is 6.65. The average Bonchev–Trinajstić information content (AvgIpc) is 2.28. The lowest BCUT2D eigenvalue weighted by molar-refractivity contribution is -0.137. The Morgan fingerprint density at radius 3 is 2.50 bits per heavy atom. The van der Waals surface area contributed by atoms with Gasteiger partial charge in [-0.25, -0.2) is 0 Å². The van der Waals surface area contributed by atoms with E-state index in [1.807, 2.05) is 0 Å². The van der Waals surface area contributed by atoms with Gasteiger partial charge in [0.05, 0.1) is 0 Å². The van der Waals surface area contributed by atoms with Crippen molar-refractivity contribution in [1.82, 2.24) is 9.80 Å². The molecule has 1 aliphatic rings. The predicted octanol–water partition coefficient (Wildman–Crippen LogP) is 1.90. The van der Waals surface area contributed by atoms with Crippen molar-refractivity contribution in [3.8, 4) is 0 Å². The molecule has 4 nitrogen and oxygen atoms in total. The second kappa shape index (κ2) is 7.74. The molecule has 0 bridgehead atoms. The van der Waals surface area contributed by atoms with E-state index in [4.69, 9.17) is 5.11 Å². The van der Waals surface area contributed by atoms with Crippen LogP contribution >= 0.6 is 0 Å². The monoisotopic (exact) mass is 256 g/mol. The number of likely N-dealkylation sites (tertiary alicyclic amines) is 1. The molecule has 106 valence electrons. The first kappa shape index (κ1) is 15.4. The van der Waals surface area contributed by atoms with E-state index < -0.39 is 5.97 Å². The van der Waals surface area contributed by atoms with Gasteiger partial charge in [-0.2, -0.15) is 0 Å². The summed E-state index contributed by atoms with van der Waals surface area (Å²) in [4.78, 5) is 15.4. The van der Waals surface area contributed by atoms with Crippen molar-refractivity contribution in [2.75, 3.05) is 33.2 Å². The highest BCUT2D eigenvalue weighted by molar-refractivity contribution is 5.66. The largest absolute Gasteiger partial charge is 0.481 e. The number of hydrogen-bond acceptors (Lipinski definition) is 3. The molecule has 1 saturated heterocycles. The minimum Gasteiger partial charge on any atom is -0.481 e. The van der Waals surface area contributed by atoms with Crippen molar-refractivity contribution in [2.45, 2.75) is 45.6 Å². The van der Waals surface area contributed by atoms with Crippen molar-refractivity contribution in [2.24, 2.45) is 5.92 Å². The molecule has 0 aromatic heterocycles. The number of carboxylic acids is 1. The van der Waals surface area contributed by atoms with Crippen molar-refractivity contribution >= 4 is 5.97 Å². The van der Waals surface area contributed by atoms with Gasteiger partial charge >= 0.3 is 5.97 Å². The van der Waals surface area contributed by atoms with Gasteiger partial charge in [-0.05, 0) is 51.9 Å². The van der Waals surface area contributed by atoms with Crippen LogP contribution in [0.3, 0.4) is 0 Å². The number of rotatable bonds is 7. The minimum absolute atomic E-state index is 0.288. The van der Waals surface area contributed by atoms with Crippen LogP contribution in [0, 0.1) is 5.92 Å². The first-order valence-electron chi connectivity index (χ1n) is 7.13. The van der Waals surface area contributed by atoms with Gasteiger partial charge < -0.3 is 14.9 Å². The summed E-state index contributed by atoms with van der Waals surface area (Å²) in [5.74, 6) is 0.0602. The zero-order chi connectivity index (χ0) is 13.5. The molecule has 0 spiro atoms. The molecule has 4 heteroatoms. The summed E-state index contributed by atoms with van der Waals surface area (Å²) < 4.78 is 0. The number of hydrogen-bond donors (Lipinski definition) is 1. The highest BCUT2D eigenvalue weighted by atomic mass is 16.4. The normalized spacial score (nSPS) is 18.7. The van der Waals surface area contributed by atoms with Crippen LogP contribution in [0.2, 0.25) is 0 Å². The summed E-state index contributed by atoms with van der Waals surface area (Å²) in [5, 5.41) is 8.63. The Morgan fingerprint density at radius 2 is 2.00 bits per heavy atom. The molecular formula is C14H28N2O2. The van der Waals surface area contributed by atoms with Gasteiger partial charge in [0.1, 0.15) is 0 Å². The molecule has 1 heterocycles. The average molecular weight is 256 g/mol. The smallest absolute Gasteiger partial charge is 0.303 e. The van der Waals surface area contributed by atoms with E-state index in [1.54, 1.807) is 0 Å². The van der Waals surface area contributed by atoms with Crippen LogP contribution in [-0.4, -0.2) is 60.1 Å². The Hall–Kier alpha value is -0.610. The quantitative estimate of drug-likeness (QED) is 0.755. The first-order chi connectivity index (χ1) is 8.49. The molecule has 1 rings (SSSR count). The van der Waals surface area contributed by atoms with Crippen LogP contribution in [0.1, 0.15) is 39.5 Å². The lowest BCUT2D eigenvalue weighted by atomic mass is 10.0. The first-order valence-corrected chi connectivity index (χ1v) is 7.13. The molecular weight excluding hydrogens is 228 g/mol. The lowest BCUT2D eigenvalue weighted by Gasteiger charge is -2.37. The summed E-state index contributed by atoms with van der Waals surface area (Å²) >= 11 is 0. The summed E-state index contributed by atoms with van der Waals surface area (Å²) in [5.41, 5.74) is 0. The van der Waals surface area contributed by atoms with E-state index in [0.717, 1.165) is 18.9 Å². The summed E-state index contributed by atoms with van der Waals surface area (Å²) in [6, 6.07) is 0.641. The van der Waals surface area contributed by atoms with E-state index >= 15 is 0 Å². The van der Waals surface area contributed by atoms with E-state index in [2.05, 4.69) is 30.7 Å². The minimum atomic E-state index is -0.685. The lowest BCUT2D eigenvalue weighted by Crippen LogP contribution is -2.44. The zero-order valence-corrected chi connectivity index (χ0v) is 12.1. The van der Waals surface area contributed by atoms with Gasteiger partial charge in [-0.15, -0.1) is 0 Å². The SMILES string of the molecule is CC(C)CN1CCC(N(C)CCCC(=O)O)CC1. The summed E-state index contributed by atoms with van der Waals surface area (Å²) in [7, 11) is 2.13.